The van der Waals surface area contributed by atoms with E-state index >= 15 is 0 Å². The number of ether oxygens (including phenoxy) is 1. The molecule has 3 rings (SSSR count). The van der Waals surface area contributed by atoms with E-state index in [-0.39, 0.29) is 0 Å². The molecule has 0 spiro atoms. The second kappa shape index (κ2) is 10.9. The van der Waals surface area contributed by atoms with Crippen molar-refractivity contribution in [2.45, 2.75) is 19.9 Å². The summed E-state index contributed by atoms with van der Waals surface area (Å²) in [6, 6.07) is 23.7. The largest absolute Gasteiger partial charge is 0.496 e. The van der Waals surface area contributed by atoms with E-state index in [0.717, 1.165) is 46.8 Å². The summed E-state index contributed by atoms with van der Waals surface area (Å²) in [6.07, 6.45) is 1.04. The van der Waals surface area contributed by atoms with Crippen LogP contribution in [-0.4, -0.2) is 19.5 Å². The normalized spacial score (nSPS) is 11.1. The van der Waals surface area contributed by atoms with Gasteiger partial charge in [-0.15, -0.1) is 0 Å². The molecule has 0 amide bonds. The third-order valence-corrected chi connectivity index (χ3v) is 4.90. The van der Waals surface area contributed by atoms with Crippen LogP contribution in [0.2, 0.25) is 0 Å². The number of anilines is 2. The number of nitrogens with one attached hydrogen (secondary N) is 2. The second-order valence-corrected chi connectivity index (χ2v) is 7.14. The van der Waals surface area contributed by atoms with Crippen molar-refractivity contribution in [2.75, 3.05) is 24.7 Å². The molecule has 5 nitrogen and oxygen atoms in total. The number of benzene rings is 3. The van der Waals surface area contributed by atoms with Gasteiger partial charge in [-0.3, -0.25) is 4.99 Å². The predicted octanol–water partition coefficient (Wildman–Crippen LogP) is 5.31. The first-order valence-electron chi connectivity index (χ1n) is 10.4. The van der Waals surface area contributed by atoms with Crippen LogP contribution >= 0.6 is 0 Å². The molecule has 0 saturated heterocycles. The Labute approximate surface area is 184 Å². The molecule has 0 aliphatic heterocycles. The number of methoxy groups -OCH3 is 1. The molecule has 3 aromatic rings. The van der Waals surface area contributed by atoms with Gasteiger partial charge in [-0.1, -0.05) is 62.0 Å². The Morgan fingerprint density at radius 3 is 2.39 bits per heavy atom. The van der Waals surface area contributed by atoms with Crippen LogP contribution in [0.1, 0.15) is 30.0 Å². The van der Waals surface area contributed by atoms with Crippen LogP contribution in [0.4, 0.5) is 11.4 Å². The first-order valence-corrected chi connectivity index (χ1v) is 10.4. The molecule has 0 aliphatic rings. The number of nitrogen functional groups attached to an aromatic ring is 1. The summed E-state index contributed by atoms with van der Waals surface area (Å²) in [7, 11) is 1.67. The van der Waals surface area contributed by atoms with Gasteiger partial charge in [-0.2, -0.15) is 0 Å². The van der Waals surface area contributed by atoms with Gasteiger partial charge >= 0.3 is 0 Å². The van der Waals surface area contributed by atoms with E-state index in [0.29, 0.717) is 18.1 Å². The number of nitrogens with zero attached hydrogens (tertiary/aromatic N) is 1. The Morgan fingerprint density at radius 2 is 1.65 bits per heavy atom. The van der Waals surface area contributed by atoms with Gasteiger partial charge in [0.15, 0.2) is 0 Å². The minimum Gasteiger partial charge on any atom is -0.496 e. The van der Waals surface area contributed by atoms with Crippen molar-refractivity contribution in [3.05, 3.63) is 96.1 Å². The van der Waals surface area contributed by atoms with Crippen molar-refractivity contribution >= 4 is 22.9 Å². The Bertz CT molecular complexity index is 1060. The molecule has 0 bridgehead atoms. The number of nitrogens with two attached hydrogens (primary N) is 1. The lowest BCUT2D eigenvalue weighted by Gasteiger charge is -2.18. The van der Waals surface area contributed by atoms with Gasteiger partial charge in [0.2, 0.25) is 0 Å². The van der Waals surface area contributed by atoms with Crippen molar-refractivity contribution < 1.29 is 4.74 Å². The van der Waals surface area contributed by atoms with E-state index in [1.165, 1.54) is 0 Å². The number of hydrogen-bond acceptors (Lipinski definition) is 4. The molecule has 160 valence electrons. The van der Waals surface area contributed by atoms with Gasteiger partial charge in [-0.25, -0.2) is 0 Å². The van der Waals surface area contributed by atoms with E-state index in [4.69, 9.17) is 15.5 Å². The van der Waals surface area contributed by atoms with Crippen LogP contribution in [0.25, 0.3) is 5.70 Å². The minimum atomic E-state index is 0.448. The summed E-state index contributed by atoms with van der Waals surface area (Å²) in [5, 5.41) is 6.87. The molecule has 4 N–H and O–H groups in total. The van der Waals surface area contributed by atoms with Gasteiger partial charge < -0.3 is 21.1 Å². The Hall–Kier alpha value is -3.73. The second-order valence-electron chi connectivity index (χ2n) is 7.14. The molecule has 0 fully saturated rings. The van der Waals surface area contributed by atoms with Gasteiger partial charge in [-0.05, 0) is 30.7 Å². The fourth-order valence-electron chi connectivity index (χ4n) is 3.27. The lowest BCUT2D eigenvalue weighted by molar-refractivity contribution is 0.410. The maximum Gasteiger partial charge on any atom is 0.135 e. The molecule has 0 radical (unpaired) electrons. The van der Waals surface area contributed by atoms with Gasteiger partial charge in [0.1, 0.15) is 11.6 Å². The molecule has 3 aromatic carbocycles. The van der Waals surface area contributed by atoms with Crippen LogP contribution in [0.5, 0.6) is 5.75 Å². The third-order valence-electron chi connectivity index (χ3n) is 4.90. The highest BCUT2D eigenvalue weighted by Gasteiger charge is 2.12. The van der Waals surface area contributed by atoms with E-state index in [9.17, 15) is 0 Å². The first kappa shape index (κ1) is 22.0. The van der Waals surface area contributed by atoms with E-state index in [2.05, 4.69) is 30.2 Å². The fourth-order valence-corrected chi connectivity index (χ4v) is 3.27. The summed E-state index contributed by atoms with van der Waals surface area (Å²) < 4.78 is 5.47. The smallest absolute Gasteiger partial charge is 0.135 e. The quantitative estimate of drug-likeness (QED) is 0.252. The summed E-state index contributed by atoms with van der Waals surface area (Å²) in [4.78, 5) is 4.86. The van der Waals surface area contributed by atoms with Gasteiger partial charge in [0, 0.05) is 40.3 Å². The molecular formula is C26H30N4O. The van der Waals surface area contributed by atoms with Crippen molar-refractivity contribution in [3.8, 4) is 5.75 Å². The summed E-state index contributed by atoms with van der Waals surface area (Å²) in [5.74, 6) is 1.47. The monoisotopic (exact) mass is 414 g/mol. The molecular weight excluding hydrogens is 384 g/mol. The average Bonchev–Trinajstić information content (AvgIpc) is 2.81. The predicted molar refractivity (Wildman–Crippen MR) is 131 cm³/mol. The first-order chi connectivity index (χ1) is 15.1. The van der Waals surface area contributed by atoms with Crippen LogP contribution < -0.4 is 21.1 Å². The van der Waals surface area contributed by atoms with Crippen molar-refractivity contribution in [2.24, 2.45) is 4.99 Å². The van der Waals surface area contributed by atoms with Gasteiger partial charge in [0.05, 0.1) is 13.7 Å². The van der Waals surface area contributed by atoms with Crippen molar-refractivity contribution in [1.29, 1.82) is 0 Å². The maximum atomic E-state index is 6.27. The average molecular weight is 415 g/mol. The molecule has 0 saturated carbocycles. The molecule has 0 aromatic heterocycles. The highest BCUT2D eigenvalue weighted by molar-refractivity contribution is 6.07. The van der Waals surface area contributed by atoms with E-state index < -0.39 is 0 Å². The molecule has 5 heteroatoms. The minimum absolute atomic E-state index is 0.448. The zero-order valence-electron chi connectivity index (χ0n) is 18.2. The molecule has 31 heavy (non-hydrogen) atoms. The number of aliphatic imine (C=N–C) groups is 1. The number of amidine groups is 1. The standard InChI is InChI=1S/C26H30N4O/c1-4-17-28-24-15-9-7-12-21(24)19(2)30-26(22-13-6-8-14-23(22)27)29-18-20-11-5-10-16-25(20)31-3/h5-16,28H,2,4,17-18,27H2,1,3H3,(H,29,30). The maximum absolute atomic E-state index is 6.27. The lowest BCUT2D eigenvalue weighted by atomic mass is 10.1. The number of para-hydroxylation sites is 3. The Morgan fingerprint density at radius 1 is 0.968 bits per heavy atom. The highest BCUT2D eigenvalue weighted by atomic mass is 16.5. The summed E-state index contributed by atoms with van der Waals surface area (Å²) in [5.41, 5.74) is 11.5. The molecule has 0 aliphatic carbocycles. The topological polar surface area (TPSA) is 71.7 Å². The fraction of sp³-hybridized carbons (Fsp3) is 0.192. The van der Waals surface area contributed by atoms with Crippen LogP contribution in [0.3, 0.4) is 0 Å². The van der Waals surface area contributed by atoms with Crippen molar-refractivity contribution in [1.82, 2.24) is 5.32 Å². The zero-order chi connectivity index (χ0) is 22.1. The van der Waals surface area contributed by atoms with Crippen LogP contribution in [0.15, 0.2) is 84.4 Å². The lowest BCUT2D eigenvalue weighted by Crippen LogP contribution is -2.24. The zero-order valence-corrected chi connectivity index (χ0v) is 18.2. The molecule has 0 heterocycles. The van der Waals surface area contributed by atoms with Crippen molar-refractivity contribution in [3.63, 3.8) is 0 Å². The number of rotatable bonds is 9. The van der Waals surface area contributed by atoms with E-state index in [1.807, 2.05) is 66.7 Å². The highest BCUT2D eigenvalue weighted by Crippen LogP contribution is 2.23. The van der Waals surface area contributed by atoms with Crippen LogP contribution in [0, 0.1) is 0 Å². The molecule has 0 unspecified atom stereocenters. The number of hydrogen-bond donors (Lipinski definition) is 3. The summed E-state index contributed by atoms with van der Waals surface area (Å²) >= 11 is 0. The van der Waals surface area contributed by atoms with Gasteiger partial charge in [0.25, 0.3) is 0 Å². The van der Waals surface area contributed by atoms with E-state index in [1.54, 1.807) is 7.11 Å². The summed E-state index contributed by atoms with van der Waals surface area (Å²) in [6.45, 7) is 7.76. The Kier molecular flexibility index (Phi) is 7.71. The third kappa shape index (κ3) is 5.66. The SMILES string of the molecule is C=C(NC(=NCc1ccccc1OC)c1ccccc1N)c1ccccc1NCCC. The van der Waals surface area contributed by atoms with Crippen LogP contribution in [-0.2, 0) is 6.54 Å². The molecule has 0 atom stereocenters. The Balaban J connectivity index is 1.93.